The predicted octanol–water partition coefficient (Wildman–Crippen LogP) is -1.66. The van der Waals surface area contributed by atoms with Crippen molar-refractivity contribution in [2.45, 2.75) is 0 Å². The summed E-state index contributed by atoms with van der Waals surface area (Å²) in [4.78, 5) is 20.1. The van der Waals surface area contributed by atoms with Gasteiger partial charge in [-0.3, -0.25) is 4.98 Å². The second kappa shape index (κ2) is 8.78. The molecule has 0 aliphatic carbocycles. The van der Waals surface area contributed by atoms with Crippen LogP contribution in [0.3, 0.4) is 0 Å². The molecule has 1 heterocycles. The normalized spacial score (nSPS) is 6.75. The minimum absolute atomic E-state index is 0. The van der Waals surface area contributed by atoms with E-state index in [0.29, 0.717) is 10.7 Å². The van der Waals surface area contributed by atoms with Crippen LogP contribution in [0.5, 0.6) is 0 Å². The minimum Gasteiger partial charge on any atom is -0.294 e. The third-order valence-corrected chi connectivity index (χ3v) is 1.18. The van der Waals surface area contributed by atoms with Crippen molar-refractivity contribution in [3.8, 4) is 0 Å². The zero-order valence-corrected chi connectivity index (χ0v) is 9.34. The fourth-order valence-electron chi connectivity index (χ4n) is 0.418. The fraction of sp³-hybridized carbons (Fsp3) is 0. The van der Waals surface area contributed by atoms with Crippen molar-refractivity contribution in [2.24, 2.45) is 0 Å². The summed E-state index contributed by atoms with van der Waals surface area (Å²) >= 11 is 5.58. The van der Waals surface area contributed by atoms with Crippen LogP contribution in [0.4, 0.5) is 0 Å². The van der Waals surface area contributed by atoms with Crippen LogP contribution in [0.25, 0.3) is 0 Å². The van der Waals surface area contributed by atoms with Crippen LogP contribution in [-0.4, -0.2) is 11.1 Å². The van der Waals surface area contributed by atoms with Crippen LogP contribution in [0.15, 0.2) is 18.3 Å². The van der Waals surface area contributed by atoms with Gasteiger partial charge in [0.05, 0.1) is 0 Å². The Balaban J connectivity index is 0. The summed E-state index contributed by atoms with van der Waals surface area (Å²) < 4.78 is 0. The van der Waals surface area contributed by atoms with E-state index in [4.69, 9.17) is 21.2 Å². The Morgan fingerprint density at radius 1 is 1.50 bits per heavy atom. The van der Waals surface area contributed by atoms with E-state index < -0.39 is 0 Å². The fourth-order valence-corrected chi connectivity index (χ4v) is 0.540. The Morgan fingerprint density at radius 2 is 2.00 bits per heavy atom. The second-order valence-electron chi connectivity index (χ2n) is 1.52. The number of pyridine rings is 1. The van der Waals surface area contributed by atoms with Crippen molar-refractivity contribution in [1.82, 2.24) is 4.98 Å². The Bertz CT molecular complexity index is 240. The molecular formula is C7H5ClNNaO2. The number of nitrogens with zero attached hydrogens (tertiary/aromatic N) is 1. The molecule has 0 fully saturated rings. The first-order valence-electron chi connectivity index (χ1n) is 2.64. The summed E-state index contributed by atoms with van der Waals surface area (Å²) in [6, 6.07) is 3.54. The Kier molecular flexibility index (Phi) is 10.4. The summed E-state index contributed by atoms with van der Waals surface area (Å²) in [6.45, 7) is 3.58. The van der Waals surface area contributed by atoms with E-state index in [1.807, 2.05) is 0 Å². The van der Waals surface area contributed by atoms with E-state index in [2.05, 4.69) is 11.9 Å². The van der Waals surface area contributed by atoms with Gasteiger partial charge in [0.1, 0.15) is 0 Å². The van der Waals surface area contributed by atoms with E-state index >= 15 is 0 Å². The molecule has 0 radical (unpaired) electrons. The molecule has 0 saturated carbocycles. The van der Waals surface area contributed by atoms with Gasteiger partial charge in [0, 0.05) is 6.20 Å². The second-order valence-corrected chi connectivity index (χ2v) is 1.92. The van der Waals surface area contributed by atoms with Crippen LogP contribution in [0.1, 0.15) is 5.69 Å². The van der Waals surface area contributed by atoms with Crippen molar-refractivity contribution in [3.05, 3.63) is 36.0 Å². The van der Waals surface area contributed by atoms with E-state index in [9.17, 15) is 0 Å². The third-order valence-electron chi connectivity index (χ3n) is 0.835. The van der Waals surface area contributed by atoms with Crippen molar-refractivity contribution in [3.63, 3.8) is 0 Å². The largest absolute Gasteiger partial charge is 1.00 e. The Hall–Kier alpha value is -0.310. The predicted molar refractivity (Wildman–Crippen MR) is 38.7 cm³/mol. The molecule has 0 saturated heterocycles. The zero-order chi connectivity index (χ0) is 8.69. The maximum Gasteiger partial charge on any atom is 1.00 e. The van der Waals surface area contributed by atoms with Crippen LogP contribution < -0.4 is 29.6 Å². The van der Waals surface area contributed by atoms with Gasteiger partial charge in [-0.1, -0.05) is 16.8 Å². The first kappa shape index (κ1) is 14.2. The van der Waals surface area contributed by atoms with Gasteiger partial charge in [-0.25, -0.2) is 18.5 Å². The molecule has 0 aliphatic rings. The van der Waals surface area contributed by atoms with Crippen LogP contribution in [-0.2, 0) is 9.59 Å². The first-order valence-corrected chi connectivity index (χ1v) is 3.02. The zero-order valence-electron chi connectivity index (χ0n) is 6.58. The molecule has 0 spiro atoms. The Labute approximate surface area is 97.4 Å². The monoisotopic (exact) mass is 193 g/mol. The smallest absolute Gasteiger partial charge is 0.294 e. The number of hydrogen-bond donors (Lipinski definition) is 0. The Morgan fingerprint density at radius 3 is 2.25 bits per heavy atom. The number of aromatic nitrogens is 1. The topological polar surface area (TPSA) is 47.0 Å². The molecule has 3 nitrogen and oxygen atoms in total. The SMILES string of the molecule is O=C=O.[CH2-]c1ncccc1Cl.[Na+]. The maximum absolute atomic E-state index is 8.12. The van der Waals surface area contributed by atoms with Crippen molar-refractivity contribution < 1.29 is 39.1 Å². The first-order chi connectivity index (χ1) is 5.22. The molecule has 0 aliphatic heterocycles. The third kappa shape index (κ3) is 6.40. The molecule has 58 valence electrons. The molecule has 1 aromatic rings. The molecule has 5 heteroatoms. The minimum atomic E-state index is 0. The van der Waals surface area contributed by atoms with Gasteiger partial charge < -0.3 is 0 Å². The van der Waals surface area contributed by atoms with Crippen molar-refractivity contribution in [2.75, 3.05) is 0 Å². The molecule has 12 heavy (non-hydrogen) atoms. The van der Waals surface area contributed by atoms with Crippen LogP contribution in [0, 0.1) is 6.92 Å². The molecule has 0 bridgehead atoms. The summed E-state index contributed by atoms with van der Waals surface area (Å²) in [5, 5.41) is 0.618. The van der Waals surface area contributed by atoms with E-state index in [-0.39, 0.29) is 35.7 Å². The van der Waals surface area contributed by atoms with E-state index in [0.717, 1.165) is 0 Å². The van der Waals surface area contributed by atoms with E-state index in [1.54, 1.807) is 18.3 Å². The molecular weight excluding hydrogens is 189 g/mol. The molecule has 1 aromatic heterocycles. The van der Waals surface area contributed by atoms with E-state index in [1.165, 1.54) is 0 Å². The number of rotatable bonds is 0. The van der Waals surface area contributed by atoms with Gasteiger partial charge in [-0.15, -0.1) is 6.07 Å². The molecule has 0 atom stereocenters. The number of carbonyl (C=O) groups excluding carboxylic acids is 2. The van der Waals surface area contributed by atoms with Crippen molar-refractivity contribution in [1.29, 1.82) is 0 Å². The molecule has 0 aromatic carbocycles. The average molecular weight is 194 g/mol. The molecule has 0 N–H and O–H groups in total. The summed E-state index contributed by atoms with van der Waals surface area (Å²) in [6.07, 6.45) is 1.91. The van der Waals surface area contributed by atoms with Gasteiger partial charge in [0.25, 0.3) is 0 Å². The maximum atomic E-state index is 8.12. The quantitative estimate of drug-likeness (QED) is 0.366. The van der Waals surface area contributed by atoms with Gasteiger partial charge >= 0.3 is 35.7 Å². The number of halogens is 1. The van der Waals surface area contributed by atoms with Gasteiger partial charge in [0.15, 0.2) is 0 Å². The van der Waals surface area contributed by atoms with Gasteiger partial charge in [-0.2, -0.15) is 9.59 Å². The summed E-state index contributed by atoms with van der Waals surface area (Å²) in [5.41, 5.74) is 0.633. The van der Waals surface area contributed by atoms with Gasteiger partial charge in [-0.05, 0) is 0 Å². The summed E-state index contributed by atoms with van der Waals surface area (Å²) in [5.74, 6) is 0. The molecule has 0 amide bonds. The van der Waals surface area contributed by atoms with Crippen LogP contribution >= 0.6 is 11.6 Å². The molecule has 1 rings (SSSR count). The van der Waals surface area contributed by atoms with Gasteiger partial charge in [0.2, 0.25) is 0 Å². The van der Waals surface area contributed by atoms with Crippen molar-refractivity contribution >= 4 is 17.8 Å². The standard InChI is InChI=1S/C6H5ClN.CO2.Na/c1-5-6(7)3-2-4-8-5;2-1-3;/h2-4H,1H2;;/q-1;;+1. The number of hydrogen-bond acceptors (Lipinski definition) is 3. The van der Waals surface area contributed by atoms with Crippen LogP contribution in [0.2, 0.25) is 5.02 Å². The average Bonchev–Trinajstić information content (AvgIpc) is 1.97. The summed E-state index contributed by atoms with van der Waals surface area (Å²) in [7, 11) is 0. The molecule has 0 unspecified atom stereocenters.